The van der Waals surface area contributed by atoms with Crippen LogP contribution in [0.4, 0.5) is 4.79 Å². The molecular weight excluding hydrogens is 538 g/mol. The number of carbonyl (C=O) groups excluding carboxylic acids is 1. The summed E-state index contributed by atoms with van der Waals surface area (Å²) in [7, 11) is 6.45. The minimum atomic E-state index is -0.793. The first-order valence-electron chi connectivity index (χ1n) is 14.1. The van der Waals surface area contributed by atoms with Gasteiger partial charge in [-0.15, -0.1) is 0 Å². The maximum Gasteiger partial charge on any atom is 0.514 e. The summed E-state index contributed by atoms with van der Waals surface area (Å²) in [6.45, 7) is 7.42. The van der Waals surface area contributed by atoms with Gasteiger partial charge in [-0.2, -0.15) is 0 Å². The zero-order valence-corrected chi connectivity index (χ0v) is 25.4. The fourth-order valence-corrected chi connectivity index (χ4v) is 5.81. The number of fused-ring (bicyclic) bond motifs is 2. The molecule has 2 aliphatic rings. The van der Waals surface area contributed by atoms with Gasteiger partial charge in [-0.1, -0.05) is 12.1 Å². The average molecular weight is 578 g/mol. The maximum atomic E-state index is 13.0. The second-order valence-corrected chi connectivity index (χ2v) is 11.3. The molecule has 1 unspecified atom stereocenters. The number of para-hydroxylation sites is 2. The molecule has 0 saturated carbocycles. The number of hydrogen-bond donors (Lipinski definition) is 0. The Morgan fingerprint density at radius 2 is 1.50 bits per heavy atom. The molecule has 1 heterocycles. The lowest BCUT2D eigenvalue weighted by molar-refractivity contribution is 0.0201. The van der Waals surface area contributed by atoms with E-state index in [4.69, 9.17) is 33.2 Å². The van der Waals surface area contributed by atoms with Gasteiger partial charge in [0.2, 0.25) is 0 Å². The van der Waals surface area contributed by atoms with Crippen LogP contribution in [0.5, 0.6) is 34.5 Å². The van der Waals surface area contributed by atoms with Gasteiger partial charge in [0.05, 0.1) is 28.4 Å². The van der Waals surface area contributed by atoms with Crippen LogP contribution in [-0.4, -0.2) is 64.8 Å². The highest BCUT2D eigenvalue weighted by Crippen LogP contribution is 2.54. The monoisotopic (exact) mass is 577 g/mol. The third-order valence-electron chi connectivity index (χ3n) is 7.61. The fraction of sp³-hybridized carbons (Fsp3) is 0.424. The summed E-state index contributed by atoms with van der Waals surface area (Å²) < 4.78 is 40.2. The van der Waals surface area contributed by atoms with Crippen molar-refractivity contribution >= 4 is 6.16 Å². The lowest BCUT2D eigenvalue weighted by Gasteiger charge is -2.42. The number of hydrogen-bond acceptors (Lipinski definition) is 9. The number of methoxy groups -OCH3 is 4. The van der Waals surface area contributed by atoms with E-state index in [0.29, 0.717) is 47.6 Å². The van der Waals surface area contributed by atoms with Crippen LogP contribution in [0.3, 0.4) is 0 Å². The van der Waals surface area contributed by atoms with Crippen LogP contribution in [-0.2, 0) is 17.6 Å². The average Bonchev–Trinajstić information content (AvgIpc) is 2.97. The molecule has 1 aliphatic carbocycles. The molecule has 9 nitrogen and oxygen atoms in total. The van der Waals surface area contributed by atoms with Crippen molar-refractivity contribution in [3.05, 3.63) is 59.2 Å². The summed E-state index contributed by atoms with van der Waals surface area (Å²) in [6, 6.07) is 13.6. The molecule has 1 atom stereocenters. The molecule has 0 amide bonds. The second kappa shape index (κ2) is 12.0. The van der Waals surface area contributed by atoms with E-state index in [1.807, 2.05) is 42.5 Å². The first-order chi connectivity index (χ1) is 20.2. The van der Waals surface area contributed by atoms with Crippen molar-refractivity contribution in [2.24, 2.45) is 0 Å². The molecule has 42 heavy (non-hydrogen) atoms. The van der Waals surface area contributed by atoms with Crippen LogP contribution in [0, 0.1) is 0 Å². The Labute approximate surface area is 247 Å². The van der Waals surface area contributed by atoms with Gasteiger partial charge in [-0.3, -0.25) is 4.90 Å². The molecule has 0 aromatic heterocycles. The molecule has 0 fully saturated rings. The standard InChI is InChI=1S/C33H39NO8/c1-33(2,3)42-32(35)41-31-28(39-7)17-20-12-13-34(14-15-40-25-11-9-8-10-24(25)36-4)23-16-21-18-26(37-5)27(38-6)19-22(21)30(31)29(20)23/h8-11,17-19,23H,12-16H2,1-7H3. The minimum absolute atomic E-state index is 0.0162. The van der Waals surface area contributed by atoms with Gasteiger partial charge in [0, 0.05) is 24.7 Å². The van der Waals surface area contributed by atoms with Crippen LogP contribution < -0.4 is 28.4 Å². The van der Waals surface area contributed by atoms with Gasteiger partial charge in [-0.25, -0.2) is 4.79 Å². The van der Waals surface area contributed by atoms with Gasteiger partial charge in [0.15, 0.2) is 34.5 Å². The number of rotatable bonds is 9. The Balaban J connectivity index is 1.57. The Bertz CT molecular complexity index is 1460. The highest BCUT2D eigenvalue weighted by Gasteiger charge is 2.39. The molecule has 5 rings (SSSR count). The van der Waals surface area contributed by atoms with E-state index in [1.54, 1.807) is 49.2 Å². The van der Waals surface area contributed by atoms with E-state index >= 15 is 0 Å². The van der Waals surface area contributed by atoms with Crippen molar-refractivity contribution in [2.45, 2.75) is 45.3 Å². The summed E-state index contributed by atoms with van der Waals surface area (Å²) in [4.78, 5) is 15.4. The SMILES string of the molecule is COc1cc2c(cc1OC)-c1c(OC(=O)OC(C)(C)C)c(OC)cc3c1C(C2)N(CCOc1ccccc1OC)CC3. The van der Waals surface area contributed by atoms with E-state index in [0.717, 1.165) is 47.2 Å². The summed E-state index contributed by atoms with van der Waals surface area (Å²) >= 11 is 0. The van der Waals surface area contributed by atoms with Gasteiger partial charge in [0.25, 0.3) is 0 Å². The number of ether oxygens (including phenoxy) is 7. The number of carbonyl (C=O) groups is 1. The number of benzene rings is 3. The summed E-state index contributed by atoms with van der Waals surface area (Å²) in [6.07, 6.45) is 0.751. The summed E-state index contributed by atoms with van der Waals surface area (Å²) in [5.74, 6) is 3.44. The lowest BCUT2D eigenvalue weighted by atomic mass is 9.76. The Morgan fingerprint density at radius 1 is 0.857 bits per heavy atom. The second-order valence-electron chi connectivity index (χ2n) is 11.3. The predicted octanol–water partition coefficient (Wildman–Crippen LogP) is 6.24. The molecule has 0 N–H and O–H groups in total. The van der Waals surface area contributed by atoms with Crippen molar-refractivity contribution in [1.82, 2.24) is 4.90 Å². The van der Waals surface area contributed by atoms with Gasteiger partial charge < -0.3 is 33.2 Å². The molecule has 3 aromatic rings. The van der Waals surface area contributed by atoms with Gasteiger partial charge in [-0.05, 0) is 86.2 Å². The van der Waals surface area contributed by atoms with Crippen LogP contribution in [0.15, 0.2) is 42.5 Å². The van der Waals surface area contributed by atoms with Crippen molar-refractivity contribution in [2.75, 3.05) is 48.1 Å². The van der Waals surface area contributed by atoms with E-state index in [-0.39, 0.29) is 6.04 Å². The van der Waals surface area contributed by atoms with Crippen molar-refractivity contribution in [3.63, 3.8) is 0 Å². The molecule has 3 aromatic carbocycles. The van der Waals surface area contributed by atoms with Crippen LogP contribution >= 0.6 is 0 Å². The third kappa shape index (κ3) is 5.79. The lowest BCUT2D eigenvalue weighted by Crippen LogP contribution is -2.40. The smallest absolute Gasteiger partial charge is 0.493 e. The summed E-state index contributed by atoms with van der Waals surface area (Å²) in [5.41, 5.74) is 4.31. The molecule has 0 bridgehead atoms. The fourth-order valence-electron chi connectivity index (χ4n) is 5.81. The molecule has 0 spiro atoms. The van der Waals surface area contributed by atoms with Crippen LogP contribution in [0.2, 0.25) is 0 Å². The topological polar surface area (TPSA) is 84.9 Å². The first-order valence-corrected chi connectivity index (χ1v) is 14.1. The van der Waals surface area contributed by atoms with Crippen LogP contribution in [0.1, 0.15) is 43.5 Å². The highest BCUT2D eigenvalue weighted by atomic mass is 16.7. The zero-order valence-electron chi connectivity index (χ0n) is 25.4. The molecule has 9 heteroatoms. The van der Waals surface area contributed by atoms with E-state index < -0.39 is 11.8 Å². The van der Waals surface area contributed by atoms with Crippen molar-refractivity contribution in [3.8, 4) is 45.6 Å². The Kier molecular flexibility index (Phi) is 8.41. The van der Waals surface area contributed by atoms with Gasteiger partial charge in [0.1, 0.15) is 12.2 Å². The minimum Gasteiger partial charge on any atom is -0.493 e. The third-order valence-corrected chi connectivity index (χ3v) is 7.61. The Morgan fingerprint density at radius 3 is 2.17 bits per heavy atom. The first kappa shape index (κ1) is 29.4. The quantitative estimate of drug-likeness (QED) is 0.217. The van der Waals surface area contributed by atoms with E-state index in [9.17, 15) is 4.79 Å². The van der Waals surface area contributed by atoms with E-state index in [2.05, 4.69) is 4.90 Å². The van der Waals surface area contributed by atoms with Crippen LogP contribution in [0.25, 0.3) is 11.1 Å². The molecule has 0 saturated heterocycles. The van der Waals surface area contributed by atoms with Crippen molar-refractivity contribution in [1.29, 1.82) is 0 Å². The number of nitrogens with zero attached hydrogens (tertiary/aromatic N) is 1. The molecule has 0 radical (unpaired) electrons. The summed E-state index contributed by atoms with van der Waals surface area (Å²) in [5, 5.41) is 0. The van der Waals surface area contributed by atoms with Crippen molar-refractivity contribution < 1.29 is 38.0 Å². The zero-order chi connectivity index (χ0) is 30.0. The predicted molar refractivity (Wildman–Crippen MR) is 159 cm³/mol. The highest BCUT2D eigenvalue weighted by molar-refractivity contribution is 5.87. The molecular formula is C33H39NO8. The van der Waals surface area contributed by atoms with Gasteiger partial charge >= 0.3 is 6.16 Å². The normalized spacial score (nSPS) is 15.6. The largest absolute Gasteiger partial charge is 0.514 e. The molecule has 224 valence electrons. The Hall–Kier alpha value is -4.11. The maximum absolute atomic E-state index is 13.0. The molecule has 1 aliphatic heterocycles. The van der Waals surface area contributed by atoms with E-state index in [1.165, 1.54) is 0 Å².